The first-order valence-corrected chi connectivity index (χ1v) is 6.87. The first-order valence-electron chi connectivity index (χ1n) is 6.10. The number of anilines is 1. The summed E-state index contributed by atoms with van der Waals surface area (Å²) in [5.74, 6) is -1.76. The third kappa shape index (κ3) is 2.73. The van der Waals surface area contributed by atoms with Gasteiger partial charge in [-0.2, -0.15) is 4.37 Å². The van der Waals surface area contributed by atoms with Crippen molar-refractivity contribution in [2.24, 2.45) is 0 Å². The number of nitrogens with zero attached hydrogens (tertiary/aromatic N) is 2. The zero-order valence-electron chi connectivity index (χ0n) is 11.7. The van der Waals surface area contributed by atoms with Gasteiger partial charge in [0.25, 0.3) is 5.91 Å². The monoisotopic (exact) mass is 306 g/mol. The smallest absolute Gasteiger partial charge is 0.340 e. The van der Waals surface area contributed by atoms with Gasteiger partial charge in [-0.3, -0.25) is 4.79 Å². The number of aryl methyl sites for hydroxylation is 2. The van der Waals surface area contributed by atoms with Crippen LogP contribution < -0.4 is 4.90 Å². The van der Waals surface area contributed by atoms with Crippen molar-refractivity contribution in [2.45, 2.75) is 13.8 Å². The maximum Gasteiger partial charge on any atom is 0.340 e. The van der Waals surface area contributed by atoms with E-state index >= 15 is 0 Å². The van der Waals surface area contributed by atoms with Crippen molar-refractivity contribution >= 4 is 28.4 Å². The van der Waals surface area contributed by atoms with Crippen LogP contribution in [0.3, 0.4) is 0 Å². The maximum atomic E-state index is 12.4. The number of carbonyl (C=O) groups excluding carboxylic acids is 1. The number of hydrogen-bond acceptors (Lipinski definition) is 5. The summed E-state index contributed by atoms with van der Waals surface area (Å²) in [4.78, 5) is 24.9. The molecule has 2 aromatic rings. The van der Waals surface area contributed by atoms with Crippen LogP contribution in [-0.4, -0.2) is 33.5 Å². The average Bonchev–Trinajstić information content (AvgIpc) is 2.79. The molecule has 0 unspecified atom stereocenters. The van der Waals surface area contributed by atoms with Crippen LogP contribution in [0, 0.1) is 13.8 Å². The van der Waals surface area contributed by atoms with Gasteiger partial charge in [-0.05, 0) is 43.1 Å². The molecule has 0 bridgehead atoms. The molecule has 110 valence electrons. The van der Waals surface area contributed by atoms with E-state index in [1.165, 1.54) is 24.1 Å². The van der Waals surface area contributed by atoms with Crippen molar-refractivity contribution in [3.63, 3.8) is 0 Å². The molecule has 0 saturated heterocycles. The summed E-state index contributed by atoms with van der Waals surface area (Å²) in [5.41, 5.74) is 1.30. The minimum Gasteiger partial charge on any atom is -0.507 e. The van der Waals surface area contributed by atoms with Crippen LogP contribution in [-0.2, 0) is 0 Å². The van der Waals surface area contributed by atoms with E-state index in [4.69, 9.17) is 0 Å². The van der Waals surface area contributed by atoms with E-state index < -0.39 is 11.9 Å². The first kappa shape index (κ1) is 15.0. The number of phenolic OH excluding ortho intramolecular Hbond substituents is 1. The van der Waals surface area contributed by atoms with E-state index in [-0.39, 0.29) is 21.9 Å². The molecule has 0 saturated carbocycles. The number of hydrogen-bond donors (Lipinski definition) is 2. The van der Waals surface area contributed by atoms with Crippen molar-refractivity contribution < 1.29 is 19.8 Å². The van der Waals surface area contributed by atoms with Crippen molar-refractivity contribution in [1.29, 1.82) is 0 Å². The van der Waals surface area contributed by atoms with Crippen molar-refractivity contribution in [2.75, 3.05) is 11.9 Å². The highest BCUT2D eigenvalue weighted by Gasteiger charge is 2.25. The maximum absolute atomic E-state index is 12.4. The van der Waals surface area contributed by atoms with Crippen LogP contribution in [0.5, 0.6) is 5.75 Å². The molecule has 2 rings (SSSR count). The Morgan fingerprint density at radius 3 is 2.52 bits per heavy atom. The number of phenols is 1. The summed E-state index contributed by atoms with van der Waals surface area (Å²) in [6.07, 6.45) is 0. The molecule has 6 nitrogen and oxygen atoms in total. The summed E-state index contributed by atoms with van der Waals surface area (Å²) in [7, 11) is 1.46. The molecule has 0 fully saturated rings. The Balaban J connectivity index is 2.42. The number of rotatable bonds is 3. The Kier molecular flexibility index (Phi) is 3.95. The molecule has 1 aromatic heterocycles. The second kappa shape index (κ2) is 5.53. The minimum atomic E-state index is -1.14. The van der Waals surface area contributed by atoms with E-state index in [1.807, 2.05) is 0 Å². The van der Waals surface area contributed by atoms with E-state index in [9.17, 15) is 19.8 Å². The third-order valence-electron chi connectivity index (χ3n) is 3.05. The highest BCUT2D eigenvalue weighted by atomic mass is 32.1. The number of benzene rings is 1. The van der Waals surface area contributed by atoms with Gasteiger partial charge in [0.15, 0.2) is 0 Å². The Labute approximate surface area is 125 Å². The fourth-order valence-electron chi connectivity index (χ4n) is 1.93. The van der Waals surface area contributed by atoms with Gasteiger partial charge in [-0.25, -0.2) is 4.79 Å². The minimum absolute atomic E-state index is 0.00227. The van der Waals surface area contributed by atoms with E-state index in [1.54, 1.807) is 19.9 Å². The highest BCUT2D eigenvalue weighted by Crippen LogP contribution is 2.30. The molecule has 0 spiro atoms. The lowest BCUT2D eigenvalue weighted by Gasteiger charge is -2.16. The molecule has 7 heteroatoms. The molecule has 1 amide bonds. The normalized spacial score (nSPS) is 10.4. The number of aromatic carboxylic acids is 1. The van der Waals surface area contributed by atoms with Gasteiger partial charge in [0, 0.05) is 7.05 Å². The zero-order chi connectivity index (χ0) is 15.7. The quantitative estimate of drug-likeness (QED) is 0.909. The molecule has 0 atom stereocenters. The van der Waals surface area contributed by atoms with Gasteiger partial charge in [0.1, 0.15) is 16.3 Å². The molecule has 1 heterocycles. The van der Waals surface area contributed by atoms with Crippen LogP contribution in [0.4, 0.5) is 5.00 Å². The largest absolute Gasteiger partial charge is 0.507 e. The zero-order valence-corrected chi connectivity index (χ0v) is 12.6. The highest BCUT2D eigenvalue weighted by molar-refractivity contribution is 7.11. The van der Waals surface area contributed by atoms with Gasteiger partial charge < -0.3 is 15.1 Å². The van der Waals surface area contributed by atoms with Gasteiger partial charge in [-0.15, -0.1) is 0 Å². The summed E-state index contributed by atoms with van der Waals surface area (Å²) < 4.78 is 3.98. The van der Waals surface area contributed by atoms with Crippen molar-refractivity contribution in [3.05, 3.63) is 40.6 Å². The van der Waals surface area contributed by atoms with E-state index in [0.29, 0.717) is 5.69 Å². The first-order chi connectivity index (χ1) is 9.82. The van der Waals surface area contributed by atoms with Crippen LogP contribution in [0.2, 0.25) is 0 Å². The molecule has 2 N–H and O–H groups in total. The lowest BCUT2D eigenvalue weighted by Crippen LogP contribution is -2.27. The molecule has 0 aliphatic carbocycles. The second-order valence-corrected chi connectivity index (χ2v) is 5.39. The van der Waals surface area contributed by atoms with E-state index in [2.05, 4.69) is 4.37 Å². The molecular formula is C14H14N2O4S. The summed E-state index contributed by atoms with van der Waals surface area (Å²) in [6, 6.07) is 4.70. The summed E-state index contributed by atoms with van der Waals surface area (Å²) >= 11 is 0.937. The number of aromatic hydroxyl groups is 1. The Bertz CT molecular complexity index is 724. The predicted molar refractivity (Wildman–Crippen MR) is 79.4 cm³/mol. The van der Waals surface area contributed by atoms with Crippen LogP contribution in [0.25, 0.3) is 0 Å². The Hall–Kier alpha value is -2.41. The number of carbonyl (C=O) groups is 2. The molecule has 0 aliphatic heterocycles. The predicted octanol–water partition coefficient (Wildman–Crippen LogP) is 2.44. The summed E-state index contributed by atoms with van der Waals surface area (Å²) in [5, 5.41) is 19.3. The van der Waals surface area contributed by atoms with Gasteiger partial charge in [-0.1, -0.05) is 6.07 Å². The standard InChI is InChI=1S/C14H14N2O4S/c1-7-4-5-9(10(17)6-7)12(18)16(3)13-11(14(19)20)8(2)15-21-13/h4-6,17H,1-3H3,(H,19,20). The third-order valence-corrected chi connectivity index (χ3v) is 4.07. The van der Waals surface area contributed by atoms with E-state index in [0.717, 1.165) is 17.1 Å². The second-order valence-electron chi connectivity index (χ2n) is 4.64. The van der Waals surface area contributed by atoms with Crippen LogP contribution >= 0.6 is 11.5 Å². The lowest BCUT2D eigenvalue weighted by atomic mass is 10.1. The number of aromatic nitrogens is 1. The molecule has 21 heavy (non-hydrogen) atoms. The fraction of sp³-hybridized carbons (Fsp3) is 0.214. The SMILES string of the molecule is Cc1ccc(C(=O)N(C)c2snc(C)c2C(=O)O)c(O)c1. The Morgan fingerprint density at radius 1 is 1.29 bits per heavy atom. The van der Waals surface area contributed by atoms with Crippen LogP contribution in [0.15, 0.2) is 18.2 Å². The number of amides is 1. The fourth-order valence-corrected chi connectivity index (χ4v) is 2.77. The number of carboxylic acids is 1. The number of carboxylic acid groups (broad SMARTS) is 1. The lowest BCUT2D eigenvalue weighted by molar-refractivity contribution is 0.0697. The Morgan fingerprint density at radius 2 is 1.95 bits per heavy atom. The average molecular weight is 306 g/mol. The molecule has 0 radical (unpaired) electrons. The van der Waals surface area contributed by atoms with Crippen LogP contribution in [0.1, 0.15) is 32.0 Å². The molecular weight excluding hydrogens is 292 g/mol. The molecule has 0 aliphatic rings. The van der Waals surface area contributed by atoms with Crippen molar-refractivity contribution in [3.8, 4) is 5.75 Å². The molecule has 1 aromatic carbocycles. The topological polar surface area (TPSA) is 90.7 Å². The van der Waals surface area contributed by atoms with Gasteiger partial charge in [0.2, 0.25) is 0 Å². The van der Waals surface area contributed by atoms with Gasteiger partial charge >= 0.3 is 5.97 Å². The van der Waals surface area contributed by atoms with Gasteiger partial charge in [0.05, 0.1) is 11.3 Å². The summed E-state index contributed by atoms with van der Waals surface area (Å²) in [6.45, 7) is 3.37. The van der Waals surface area contributed by atoms with Crippen molar-refractivity contribution in [1.82, 2.24) is 4.37 Å².